The van der Waals surface area contributed by atoms with Gasteiger partial charge in [0.25, 0.3) is 0 Å². The Morgan fingerprint density at radius 3 is 2.42 bits per heavy atom. The van der Waals surface area contributed by atoms with E-state index in [9.17, 15) is 13.2 Å². The third-order valence-corrected chi connectivity index (χ3v) is 1.64. The van der Waals surface area contributed by atoms with Crippen LogP contribution in [0.4, 0.5) is 13.2 Å². The van der Waals surface area contributed by atoms with Gasteiger partial charge in [-0.15, -0.1) is 0 Å². The highest BCUT2D eigenvalue weighted by Gasteiger charge is 2.39. The molecule has 0 amide bonds. The van der Waals surface area contributed by atoms with Crippen molar-refractivity contribution in [2.24, 2.45) is 5.73 Å². The third kappa shape index (κ3) is 1.73. The van der Waals surface area contributed by atoms with Crippen molar-refractivity contribution in [1.82, 2.24) is 0 Å². The summed E-state index contributed by atoms with van der Waals surface area (Å²) in [7, 11) is 0. The molecule has 1 aromatic rings. The second-order valence-corrected chi connectivity index (χ2v) is 2.51. The summed E-state index contributed by atoms with van der Waals surface area (Å²) in [6.45, 7) is 0. The molecule has 0 saturated carbocycles. The van der Waals surface area contributed by atoms with Gasteiger partial charge in [-0.3, -0.25) is 0 Å². The average molecular weight is 200 g/mol. The van der Waals surface area contributed by atoms with Crippen molar-refractivity contribution in [2.45, 2.75) is 12.2 Å². The number of halogens is 4. The van der Waals surface area contributed by atoms with Crippen LogP contribution in [0.25, 0.3) is 0 Å². The van der Waals surface area contributed by atoms with Gasteiger partial charge in [-0.2, -0.15) is 13.2 Å². The van der Waals surface area contributed by atoms with Crippen LogP contribution < -0.4 is 5.73 Å². The molecule has 0 spiro atoms. The van der Waals surface area contributed by atoms with Crippen LogP contribution in [0.3, 0.4) is 0 Å². The van der Waals surface area contributed by atoms with Crippen LogP contribution in [0.2, 0.25) is 5.22 Å². The molecule has 0 radical (unpaired) electrons. The maximum atomic E-state index is 12.0. The van der Waals surface area contributed by atoms with Crippen LogP contribution >= 0.6 is 11.6 Å². The van der Waals surface area contributed by atoms with Crippen LogP contribution in [0.1, 0.15) is 11.6 Å². The van der Waals surface area contributed by atoms with Crippen molar-refractivity contribution < 1.29 is 17.6 Å². The lowest BCUT2D eigenvalue weighted by molar-refractivity contribution is -0.149. The number of alkyl halides is 3. The van der Waals surface area contributed by atoms with Crippen molar-refractivity contribution in [2.75, 3.05) is 0 Å². The summed E-state index contributed by atoms with van der Waals surface area (Å²) in [5, 5.41) is -0.320. The number of nitrogens with two attached hydrogens (primary N) is 1. The molecule has 0 saturated heterocycles. The van der Waals surface area contributed by atoms with E-state index >= 15 is 0 Å². The summed E-state index contributed by atoms with van der Waals surface area (Å²) < 4.78 is 40.4. The molecule has 6 heteroatoms. The smallest absolute Gasteiger partial charge is 0.407 e. The monoisotopic (exact) mass is 199 g/mol. The molecule has 0 fully saturated rings. The van der Waals surface area contributed by atoms with Crippen LogP contribution in [-0.2, 0) is 0 Å². The lowest BCUT2D eigenvalue weighted by Gasteiger charge is -2.13. The van der Waals surface area contributed by atoms with Gasteiger partial charge in [-0.05, 0) is 17.7 Å². The fraction of sp³-hybridized carbons (Fsp3) is 0.333. The number of rotatable bonds is 1. The largest absolute Gasteiger partial charge is 0.453 e. The van der Waals surface area contributed by atoms with E-state index in [0.29, 0.717) is 0 Å². The number of hydrogen-bond donors (Lipinski definition) is 1. The highest BCUT2D eigenvalue weighted by molar-refractivity contribution is 6.29. The van der Waals surface area contributed by atoms with E-state index in [0.717, 1.165) is 12.3 Å². The van der Waals surface area contributed by atoms with Gasteiger partial charge in [0.1, 0.15) is 6.04 Å². The summed E-state index contributed by atoms with van der Waals surface area (Å²) in [4.78, 5) is 0. The molecule has 12 heavy (non-hydrogen) atoms. The van der Waals surface area contributed by atoms with E-state index in [2.05, 4.69) is 4.42 Å². The summed E-state index contributed by atoms with van der Waals surface area (Å²) in [6.07, 6.45) is -3.43. The Labute approximate surface area is 71.1 Å². The van der Waals surface area contributed by atoms with E-state index in [4.69, 9.17) is 17.3 Å². The van der Waals surface area contributed by atoms with Gasteiger partial charge in [0.05, 0.1) is 6.26 Å². The molecular weight excluding hydrogens is 195 g/mol. The molecule has 68 valence electrons. The first kappa shape index (κ1) is 9.41. The summed E-state index contributed by atoms with van der Waals surface area (Å²) >= 11 is 5.29. The molecule has 1 unspecified atom stereocenters. The molecule has 1 heterocycles. The van der Waals surface area contributed by atoms with Crippen molar-refractivity contribution in [1.29, 1.82) is 0 Å². The second kappa shape index (κ2) is 2.99. The molecule has 1 rings (SSSR count). The van der Waals surface area contributed by atoms with Gasteiger partial charge in [0.15, 0.2) is 5.22 Å². The van der Waals surface area contributed by atoms with Crippen molar-refractivity contribution >= 4 is 11.6 Å². The van der Waals surface area contributed by atoms with Gasteiger partial charge in [-0.1, -0.05) is 0 Å². The minimum Gasteiger partial charge on any atom is -0.453 e. The summed E-state index contributed by atoms with van der Waals surface area (Å²) in [5.41, 5.74) is 4.60. The zero-order chi connectivity index (χ0) is 9.35. The van der Waals surface area contributed by atoms with Crippen molar-refractivity contribution in [3.63, 3.8) is 0 Å². The summed E-state index contributed by atoms with van der Waals surface area (Å²) in [6, 6.07) is -0.982. The maximum absolute atomic E-state index is 12.0. The lowest BCUT2D eigenvalue weighted by Crippen LogP contribution is -2.28. The first-order chi connectivity index (χ1) is 5.43. The van der Waals surface area contributed by atoms with Gasteiger partial charge in [0, 0.05) is 5.56 Å². The predicted molar refractivity (Wildman–Crippen MR) is 36.7 cm³/mol. The first-order valence-corrected chi connectivity index (χ1v) is 3.36. The lowest BCUT2D eigenvalue weighted by atomic mass is 10.1. The first-order valence-electron chi connectivity index (χ1n) is 2.98. The summed E-state index contributed by atoms with van der Waals surface area (Å²) in [5.74, 6) is 0. The third-order valence-electron chi connectivity index (χ3n) is 1.33. The Kier molecular flexibility index (Phi) is 2.34. The average Bonchev–Trinajstić information content (AvgIpc) is 2.31. The number of hydrogen-bond acceptors (Lipinski definition) is 2. The van der Waals surface area contributed by atoms with Gasteiger partial charge >= 0.3 is 6.18 Å². The zero-order valence-corrected chi connectivity index (χ0v) is 6.49. The molecule has 0 aliphatic rings. The minimum absolute atomic E-state index is 0.246. The van der Waals surface area contributed by atoms with Gasteiger partial charge in [0.2, 0.25) is 0 Å². The van der Waals surface area contributed by atoms with Gasteiger partial charge in [-0.25, -0.2) is 0 Å². The number of furan rings is 1. The molecule has 1 aromatic heterocycles. The molecule has 1 atom stereocenters. The normalized spacial score (nSPS) is 14.8. The Morgan fingerprint density at radius 2 is 2.08 bits per heavy atom. The molecule has 0 aliphatic carbocycles. The fourth-order valence-corrected chi connectivity index (χ4v) is 0.935. The highest BCUT2D eigenvalue weighted by Crippen LogP contribution is 2.34. The predicted octanol–water partition coefficient (Wildman–Crippen LogP) is 2.50. The van der Waals surface area contributed by atoms with Crippen LogP contribution in [-0.4, -0.2) is 6.18 Å². The van der Waals surface area contributed by atoms with E-state index < -0.39 is 12.2 Å². The Balaban J connectivity index is 2.92. The Morgan fingerprint density at radius 1 is 1.50 bits per heavy atom. The molecule has 2 nitrogen and oxygen atoms in total. The zero-order valence-electron chi connectivity index (χ0n) is 5.73. The van der Waals surface area contributed by atoms with E-state index in [1.54, 1.807) is 0 Å². The van der Waals surface area contributed by atoms with E-state index in [1.165, 1.54) is 0 Å². The molecule has 0 aliphatic heterocycles. The van der Waals surface area contributed by atoms with Crippen LogP contribution in [0.15, 0.2) is 16.7 Å². The van der Waals surface area contributed by atoms with Crippen molar-refractivity contribution in [3.05, 3.63) is 23.1 Å². The molecule has 2 N–H and O–H groups in total. The standard InChI is InChI=1S/C6H5ClF3NO/c7-5-3(1-2-12-5)4(11)6(8,9)10/h1-2,4H,11H2. The SMILES string of the molecule is NC(c1ccoc1Cl)C(F)(F)F. The fourth-order valence-electron chi connectivity index (χ4n) is 0.703. The Bertz CT molecular complexity index is 270. The van der Waals surface area contributed by atoms with Crippen LogP contribution in [0.5, 0.6) is 0 Å². The quantitative estimate of drug-likeness (QED) is 0.755. The molecule has 0 aromatic carbocycles. The molecular formula is C6H5ClF3NO. The Hall–Kier alpha value is -0.680. The maximum Gasteiger partial charge on any atom is 0.407 e. The molecule has 0 bridgehead atoms. The van der Waals surface area contributed by atoms with Crippen LogP contribution in [0, 0.1) is 0 Å². The van der Waals surface area contributed by atoms with E-state index in [1.807, 2.05) is 0 Å². The topological polar surface area (TPSA) is 39.2 Å². The highest BCUT2D eigenvalue weighted by atomic mass is 35.5. The van der Waals surface area contributed by atoms with Gasteiger partial charge < -0.3 is 10.2 Å². The van der Waals surface area contributed by atoms with Crippen molar-refractivity contribution in [3.8, 4) is 0 Å². The second-order valence-electron chi connectivity index (χ2n) is 2.17. The minimum atomic E-state index is -4.49. The van der Waals surface area contributed by atoms with E-state index in [-0.39, 0.29) is 10.8 Å².